The molecule has 1 heterocycles. The molecule has 0 spiro atoms. The van der Waals surface area contributed by atoms with Crippen molar-refractivity contribution in [2.45, 2.75) is 36.6 Å². The lowest BCUT2D eigenvalue weighted by Crippen LogP contribution is -2.30. The van der Waals surface area contributed by atoms with Crippen LogP contribution in [0, 0.1) is 0 Å². The fraction of sp³-hybridized carbons (Fsp3) is 0.300. The zero-order valence-electron chi connectivity index (χ0n) is 14.1. The van der Waals surface area contributed by atoms with Crippen molar-refractivity contribution in [1.82, 2.24) is 10.1 Å². The highest BCUT2D eigenvalue weighted by Gasteiger charge is 2.24. The molecule has 0 aliphatic heterocycles. The van der Waals surface area contributed by atoms with Crippen LogP contribution in [0.2, 0.25) is 0 Å². The van der Waals surface area contributed by atoms with Crippen LogP contribution in [0.4, 0.5) is 0 Å². The SMILES string of the molecule is Oc1ccc(-c2nc(-c3ccc(OC4CCCCC4Br)cc3)no2)cc1. The van der Waals surface area contributed by atoms with E-state index in [4.69, 9.17) is 9.26 Å². The van der Waals surface area contributed by atoms with E-state index < -0.39 is 0 Å². The van der Waals surface area contributed by atoms with Crippen LogP contribution in [-0.2, 0) is 0 Å². The van der Waals surface area contributed by atoms with Crippen LogP contribution < -0.4 is 4.74 Å². The smallest absolute Gasteiger partial charge is 0.258 e. The molecule has 1 fully saturated rings. The maximum Gasteiger partial charge on any atom is 0.258 e. The number of benzene rings is 2. The van der Waals surface area contributed by atoms with Gasteiger partial charge >= 0.3 is 0 Å². The fourth-order valence-electron chi connectivity index (χ4n) is 3.10. The summed E-state index contributed by atoms with van der Waals surface area (Å²) in [4.78, 5) is 4.85. The second kappa shape index (κ2) is 7.50. The van der Waals surface area contributed by atoms with Crippen molar-refractivity contribution in [1.29, 1.82) is 0 Å². The van der Waals surface area contributed by atoms with Crippen molar-refractivity contribution in [2.24, 2.45) is 0 Å². The van der Waals surface area contributed by atoms with Crippen LogP contribution in [0.15, 0.2) is 53.1 Å². The predicted octanol–water partition coefficient (Wildman–Crippen LogP) is 5.19. The lowest BCUT2D eigenvalue weighted by molar-refractivity contribution is 0.164. The number of phenolic OH excluding ortho intramolecular Hbond substituents is 1. The molecule has 0 saturated heterocycles. The van der Waals surface area contributed by atoms with Gasteiger partial charge in [0.25, 0.3) is 5.89 Å². The molecule has 6 heteroatoms. The minimum atomic E-state index is 0.202. The fourth-order valence-corrected chi connectivity index (χ4v) is 3.80. The van der Waals surface area contributed by atoms with Crippen LogP contribution in [-0.4, -0.2) is 26.2 Å². The number of hydrogen-bond donors (Lipinski definition) is 1. The Kier molecular flexibility index (Phi) is 4.93. The molecule has 2 aromatic carbocycles. The van der Waals surface area contributed by atoms with E-state index >= 15 is 0 Å². The molecule has 2 atom stereocenters. The summed E-state index contributed by atoms with van der Waals surface area (Å²) in [5.74, 6) is 2.00. The molecule has 1 aliphatic carbocycles. The van der Waals surface area contributed by atoms with E-state index in [0.717, 1.165) is 29.7 Å². The lowest BCUT2D eigenvalue weighted by Gasteiger charge is -2.28. The third-order valence-corrected chi connectivity index (χ3v) is 5.61. The number of phenols is 1. The van der Waals surface area contributed by atoms with Crippen LogP contribution in [0.5, 0.6) is 11.5 Å². The standard InChI is InChI=1S/C20H19BrN2O3/c21-17-3-1-2-4-18(17)25-16-11-7-13(8-12-16)19-22-20(26-23-19)14-5-9-15(24)10-6-14/h5-12,17-18,24H,1-4H2. The summed E-state index contributed by atoms with van der Waals surface area (Å²) in [5, 5.41) is 13.4. The largest absolute Gasteiger partial charge is 0.508 e. The van der Waals surface area contributed by atoms with E-state index in [1.54, 1.807) is 24.3 Å². The van der Waals surface area contributed by atoms with Crippen molar-refractivity contribution in [3.8, 4) is 34.3 Å². The van der Waals surface area contributed by atoms with Crippen molar-refractivity contribution >= 4 is 15.9 Å². The zero-order chi connectivity index (χ0) is 17.9. The molecule has 3 aromatic rings. The first-order valence-corrected chi connectivity index (χ1v) is 9.65. The van der Waals surface area contributed by atoms with Gasteiger partial charge in [0.15, 0.2) is 0 Å². The van der Waals surface area contributed by atoms with Gasteiger partial charge in [-0.25, -0.2) is 0 Å². The molecule has 0 amide bonds. The zero-order valence-corrected chi connectivity index (χ0v) is 15.7. The molecule has 2 unspecified atom stereocenters. The average Bonchev–Trinajstić information content (AvgIpc) is 3.15. The quantitative estimate of drug-likeness (QED) is 0.594. The lowest BCUT2D eigenvalue weighted by atomic mass is 9.97. The molecule has 26 heavy (non-hydrogen) atoms. The van der Waals surface area contributed by atoms with Crippen LogP contribution >= 0.6 is 15.9 Å². The van der Waals surface area contributed by atoms with Gasteiger partial charge in [-0.2, -0.15) is 4.98 Å². The van der Waals surface area contributed by atoms with E-state index in [1.807, 2.05) is 24.3 Å². The predicted molar refractivity (Wildman–Crippen MR) is 102 cm³/mol. The highest BCUT2D eigenvalue weighted by Crippen LogP contribution is 2.30. The van der Waals surface area contributed by atoms with Gasteiger partial charge in [0.1, 0.15) is 17.6 Å². The maximum absolute atomic E-state index is 9.37. The summed E-state index contributed by atoms with van der Waals surface area (Å²) in [5.41, 5.74) is 1.63. The summed E-state index contributed by atoms with van der Waals surface area (Å²) in [6.07, 6.45) is 4.94. The Morgan fingerprint density at radius 2 is 1.65 bits per heavy atom. The summed E-state index contributed by atoms with van der Waals surface area (Å²) in [6.45, 7) is 0. The molecule has 5 nitrogen and oxygen atoms in total. The Bertz CT molecular complexity index is 862. The average molecular weight is 415 g/mol. The molecule has 0 radical (unpaired) electrons. The molecule has 1 saturated carbocycles. The minimum absolute atomic E-state index is 0.202. The Hall–Kier alpha value is -2.34. The normalized spacial score (nSPS) is 20.0. The van der Waals surface area contributed by atoms with Gasteiger partial charge in [0, 0.05) is 11.1 Å². The summed E-state index contributed by atoms with van der Waals surface area (Å²) >= 11 is 3.72. The number of hydrogen-bond acceptors (Lipinski definition) is 5. The molecule has 1 N–H and O–H groups in total. The van der Waals surface area contributed by atoms with Gasteiger partial charge in [-0.15, -0.1) is 0 Å². The maximum atomic E-state index is 9.37. The summed E-state index contributed by atoms with van der Waals surface area (Å²) in [6, 6.07) is 14.4. The highest BCUT2D eigenvalue weighted by atomic mass is 79.9. The first-order valence-electron chi connectivity index (χ1n) is 8.73. The van der Waals surface area contributed by atoms with Gasteiger partial charge in [0.05, 0.1) is 4.83 Å². The van der Waals surface area contributed by atoms with Crippen molar-refractivity contribution in [3.05, 3.63) is 48.5 Å². The second-order valence-corrected chi connectivity index (χ2v) is 7.63. The first-order chi connectivity index (χ1) is 12.7. The number of aromatic nitrogens is 2. The monoisotopic (exact) mass is 414 g/mol. The Balaban J connectivity index is 1.48. The molecule has 1 aliphatic rings. The molecular weight excluding hydrogens is 396 g/mol. The molecular formula is C20H19BrN2O3. The van der Waals surface area contributed by atoms with E-state index in [2.05, 4.69) is 26.1 Å². The summed E-state index contributed by atoms with van der Waals surface area (Å²) in [7, 11) is 0. The highest BCUT2D eigenvalue weighted by molar-refractivity contribution is 9.09. The van der Waals surface area contributed by atoms with Gasteiger partial charge in [-0.05, 0) is 67.8 Å². The topological polar surface area (TPSA) is 68.4 Å². The number of ether oxygens (including phenoxy) is 1. The van der Waals surface area contributed by atoms with Gasteiger partial charge < -0.3 is 14.4 Å². The molecule has 0 bridgehead atoms. The molecule has 134 valence electrons. The van der Waals surface area contributed by atoms with Crippen LogP contribution in [0.25, 0.3) is 22.8 Å². The molecule has 1 aromatic heterocycles. The van der Waals surface area contributed by atoms with Crippen molar-refractivity contribution in [2.75, 3.05) is 0 Å². The number of rotatable bonds is 4. The number of halogens is 1. The van der Waals surface area contributed by atoms with Crippen molar-refractivity contribution < 1.29 is 14.4 Å². The third kappa shape index (κ3) is 3.75. The number of nitrogens with zero attached hydrogens (tertiary/aromatic N) is 2. The molecule has 4 rings (SSSR count). The Labute approximate surface area is 160 Å². The number of alkyl halides is 1. The van der Waals surface area contributed by atoms with Gasteiger partial charge in [-0.3, -0.25) is 0 Å². The minimum Gasteiger partial charge on any atom is -0.508 e. The summed E-state index contributed by atoms with van der Waals surface area (Å²) < 4.78 is 11.4. The van der Waals surface area contributed by atoms with Crippen LogP contribution in [0.1, 0.15) is 25.7 Å². The Morgan fingerprint density at radius 1 is 0.962 bits per heavy atom. The second-order valence-electron chi connectivity index (χ2n) is 6.45. The first kappa shape index (κ1) is 17.1. The van der Waals surface area contributed by atoms with E-state index in [9.17, 15) is 5.11 Å². The van der Waals surface area contributed by atoms with Gasteiger partial charge in [-0.1, -0.05) is 27.5 Å². The van der Waals surface area contributed by atoms with Crippen molar-refractivity contribution in [3.63, 3.8) is 0 Å². The van der Waals surface area contributed by atoms with E-state index in [-0.39, 0.29) is 11.9 Å². The van der Waals surface area contributed by atoms with Crippen LogP contribution in [0.3, 0.4) is 0 Å². The van der Waals surface area contributed by atoms with Gasteiger partial charge in [0.2, 0.25) is 5.82 Å². The van der Waals surface area contributed by atoms with E-state index in [0.29, 0.717) is 16.5 Å². The third-order valence-electron chi connectivity index (χ3n) is 4.56. The Morgan fingerprint density at radius 3 is 2.38 bits per heavy atom. The number of aromatic hydroxyl groups is 1. The van der Waals surface area contributed by atoms with E-state index in [1.165, 1.54) is 12.8 Å².